The van der Waals surface area contributed by atoms with Gasteiger partial charge in [0.2, 0.25) is 0 Å². The lowest BCUT2D eigenvalue weighted by atomic mass is 10.1. The highest BCUT2D eigenvalue weighted by atomic mass is 16.2. The molecule has 4 nitrogen and oxygen atoms in total. The zero-order valence-corrected chi connectivity index (χ0v) is 14.8. The third kappa shape index (κ3) is 2.61. The van der Waals surface area contributed by atoms with E-state index in [0.717, 1.165) is 24.3 Å². The summed E-state index contributed by atoms with van der Waals surface area (Å²) in [5, 5.41) is 0. The molecule has 27 heavy (non-hydrogen) atoms. The average molecular weight is 354 g/mol. The molecule has 2 aliphatic rings. The molecule has 0 radical (unpaired) electrons. The van der Waals surface area contributed by atoms with Gasteiger partial charge in [0.05, 0.1) is 17.7 Å². The number of imide groups is 1. The predicted molar refractivity (Wildman–Crippen MR) is 103 cm³/mol. The molecule has 0 atom stereocenters. The molecule has 0 saturated carbocycles. The van der Waals surface area contributed by atoms with Crippen LogP contribution in [0.3, 0.4) is 0 Å². The van der Waals surface area contributed by atoms with Gasteiger partial charge in [-0.3, -0.25) is 14.5 Å². The van der Waals surface area contributed by atoms with E-state index in [1.807, 2.05) is 42.5 Å². The van der Waals surface area contributed by atoms with Crippen LogP contribution in [0.5, 0.6) is 0 Å². The van der Waals surface area contributed by atoms with Gasteiger partial charge in [-0.2, -0.15) is 0 Å². The molecule has 3 aromatic rings. The first kappa shape index (κ1) is 15.8. The predicted octanol–water partition coefficient (Wildman–Crippen LogP) is 4.00. The van der Waals surface area contributed by atoms with Crippen molar-refractivity contribution in [1.29, 1.82) is 0 Å². The Morgan fingerprint density at radius 2 is 1.33 bits per heavy atom. The summed E-state index contributed by atoms with van der Waals surface area (Å²) in [6.45, 7) is 1.95. The molecule has 3 aromatic carbocycles. The molecule has 0 unspecified atom stereocenters. The summed E-state index contributed by atoms with van der Waals surface area (Å²) >= 11 is 0. The molecular weight excluding hydrogens is 336 g/mol. The number of anilines is 1. The summed E-state index contributed by atoms with van der Waals surface area (Å²) in [7, 11) is 0. The minimum absolute atomic E-state index is 0.211. The number of carbonyl (C=O) groups is 2. The summed E-state index contributed by atoms with van der Waals surface area (Å²) in [6, 6.07) is 23.6. The molecule has 132 valence electrons. The highest BCUT2D eigenvalue weighted by molar-refractivity contribution is 6.21. The van der Waals surface area contributed by atoms with Crippen LogP contribution < -0.4 is 4.90 Å². The van der Waals surface area contributed by atoms with Crippen LogP contribution in [0.15, 0.2) is 72.8 Å². The molecule has 0 spiro atoms. The quantitative estimate of drug-likeness (QED) is 0.668. The molecule has 0 N–H and O–H groups in total. The Hall–Kier alpha value is -3.40. The van der Waals surface area contributed by atoms with Crippen molar-refractivity contribution in [2.24, 2.45) is 0 Å². The van der Waals surface area contributed by atoms with E-state index in [1.165, 1.54) is 16.0 Å². The van der Waals surface area contributed by atoms with Crippen molar-refractivity contribution in [1.82, 2.24) is 4.90 Å². The number of nitrogens with zero attached hydrogens (tertiary/aromatic N) is 2. The van der Waals surface area contributed by atoms with Crippen molar-refractivity contribution in [2.45, 2.75) is 19.6 Å². The smallest absolute Gasteiger partial charge is 0.261 e. The molecule has 0 saturated heterocycles. The second-order valence-electron chi connectivity index (χ2n) is 7.04. The molecule has 0 bridgehead atoms. The standard InChI is InChI=1S/C23H18N2O2/c26-22-20-11-10-19(24-14-17-8-4-5-9-18(17)15-24)12-21(20)23(27)25(22)13-16-6-2-1-3-7-16/h1-12H,13-15H2. The van der Waals surface area contributed by atoms with Crippen LogP contribution in [-0.4, -0.2) is 16.7 Å². The summed E-state index contributed by atoms with van der Waals surface area (Å²) in [4.78, 5) is 29.2. The van der Waals surface area contributed by atoms with Crippen molar-refractivity contribution in [3.63, 3.8) is 0 Å². The third-order valence-electron chi connectivity index (χ3n) is 5.34. The average Bonchev–Trinajstić information content (AvgIpc) is 3.24. The van der Waals surface area contributed by atoms with Crippen LogP contribution in [0, 0.1) is 0 Å². The fourth-order valence-corrected chi connectivity index (χ4v) is 3.90. The Balaban J connectivity index is 1.43. The van der Waals surface area contributed by atoms with Gasteiger partial charge in [0.1, 0.15) is 0 Å². The van der Waals surface area contributed by atoms with Crippen LogP contribution in [-0.2, 0) is 19.6 Å². The summed E-state index contributed by atoms with van der Waals surface area (Å²) in [5.41, 5.74) is 5.55. The minimum Gasteiger partial charge on any atom is -0.363 e. The molecule has 0 fully saturated rings. The Morgan fingerprint density at radius 1 is 0.704 bits per heavy atom. The van der Waals surface area contributed by atoms with Gasteiger partial charge in [-0.25, -0.2) is 0 Å². The molecule has 4 heteroatoms. The Bertz CT molecular complexity index is 1030. The van der Waals surface area contributed by atoms with Gasteiger partial charge in [0.25, 0.3) is 11.8 Å². The number of rotatable bonds is 3. The second kappa shape index (κ2) is 6.09. The van der Waals surface area contributed by atoms with E-state index < -0.39 is 0 Å². The maximum absolute atomic E-state index is 12.9. The molecule has 2 amide bonds. The maximum atomic E-state index is 12.9. The molecule has 5 rings (SSSR count). The van der Waals surface area contributed by atoms with Gasteiger partial charge >= 0.3 is 0 Å². The van der Waals surface area contributed by atoms with Crippen molar-refractivity contribution in [3.8, 4) is 0 Å². The van der Waals surface area contributed by atoms with E-state index >= 15 is 0 Å². The van der Waals surface area contributed by atoms with Gasteiger partial charge in [0.15, 0.2) is 0 Å². The number of fused-ring (bicyclic) bond motifs is 2. The third-order valence-corrected chi connectivity index (χ3v) is 5.34. The highest BCUT2D eigenvalue weighted by Gasteiger charge is 2.36. The Kier molecular flexibility index (Phi) is 3.57. The fraction of sp³-hybridized carbons (Fsp3) is 0.130. The molecular formula is C23H18N2O2. The van der Waals surface area contributed by atoms with E-state index in [0.29, 0.717) is 17.7 Å². The number of carbonyl (C=O) groups excluding carboxylic acids is 2. The summed E-state index contributed by atoms with van der Waals surface area (Å²) in [5.74, 6) is -0.424. The van der Waals surface area contributed by atoms with E-state index in [9.17, 15) is 9.59 Å². The molecule has 2 heterocycles. The van der Waals surface area contributed by atoms with E-state index in [-0.39, 0.29) is 11.8 Å². The molecule has 0 aromatic heterocycles. The number of hydrogen-bond acceptors (Lipinski definition) is 3. The summed E-state index contributed by atoms with van der Waals surface area (Å²) < 4.78 is 0. The molecule has 2 aliphatic heterocycles. The second-order valence-corrected chi connectivity index (χ2v) is 7.04. The van der Waals surface area contributed by atoms with Gasteiger partial charge in [0, 0.05) is 18.8 Å². The van der Waals surface area contributed by atoms with Gasteiger partial charge in [-0.15, -0.1) is 0 Å². The zero-order chi connectivity index (χ0) is 18.4. The van der Waals surface area contributed by atoms with Crippen LogP contribution in [0.25, 0.3) is 0 Å². The monoisotopic (exact) mass is 354 g/mol. The zero-order valence-electron chi connectivity index (χ0n) is 14.8. The van der Waals surface area contributed by atoms with Gasteiger partial charge < -0.3 is 4.90 Å². The van der Waals surface area contributed by atoms with Gasteiger partial charge in [-0.05, 0) is 34.9 Å². The summed E-state index contributed by atoms with van der Waals surface area (Å²) in [6.07, 6.45) is 0. The Morgan fingerprint density at radius 3 is 2.04 bits per heavy atom. The topological polar surface area (TPSA) is 40.6 Å². The van der Waals surface area contributed by atoms with E-state index in [2.05, 4.69) is 29.2 Å². The van der Waals surface area contributed by atoms with E-state index in [4.69, 9.17) is 0 Å². The molecule has 0 aliphatic carbocycles. The number of benzene rings is 3. The number of amides is 2. The van der Waals surface area contributed by atoms with Crippen LogP contribution in [0.2, 0.25) is 0 Å². The minimum atomic E-state index is -0.213. The fourth-order valence-electron chi connectivity index (χ4n) is 3.90. The van der Waals surface area contributed by atoms with Crippen LogP contribution in [0.4, 0.5) is 5.69 Å². The lowest BCUT2D eigenvalue weighted by molar-refractivity contribution is 0.0642. The van der Waals surface area contributed by atoms with E-state index in [1.54, 1.807) is 6.07 Å². The normalized spacial score (nSPS) is 15.3. The van der Waals surface area contributed by atoms with Crippen LogP contribution >= 0.6 is 0 Å². The van der Waals surface area contributed by atoms with Crippen molar-refractivity contribution in [2.75, 3.05) is 4.90 Å². The van der Waals surface area contributed by atoms with Crippen molar-refractivity contribution in [3.05, 3.63) is 101 Å². The SMILES string of the molecule is O=C1c2ccc(N3Cc4ccccc4C3)cc2C(=O)N1Cc1ccccc1. The van der Waals surface area contributed by atoms with Crippen molar-refractivity contribution < 1.29 is 9.59 Å². The van der Waals surface area contributed by atoms with Crippen LogP contribution in [0.1, 0.15) is 37.4 Å². The highest BCUT2D eigenvalue weighted by Crippen LogP contribution is 2.32. The first-order chi connectivity index (χ1) is 13.2. The largest absolute Gasteiger partial charge is 0.363 e. The first-order valence-electron chi connectivity index (χ1n) is 9.06. The number of hydrogen-bond donors (Lipinski definition) is 0. The van der Waals surface area contributed by atoms with Gasteiger partial charge in [-0.1, -0.05) is 54.6 Å². The first-order valence-corrected chi connectivity index (χ1v) is 9.06. The maximum Gasteiger partial charge on any atom is 0.261 e. The Labute approximate surface area is 157 Å². The lowest BCUT2D eigenvalue weighted by Crippen LogP contribution is -2.29. The van der Waals surface area contributed by atoms with Crippen molar-refractivity contribution >= 4 is 17.5 Å². The lowest BCUT2D eigenvalue weighted by Gasteiger charge is -2.18.